The quantitative estimate of drug-likeness (QED) is 0.698. The number of hydrogen-bond donors (Lipinski definition) is 2. The molecule has 2 N–H and O–H groups in total. The van der Waals surface area contributed by atoms with Crippen LogP contribution in [0.1, 0.15) is 28.5 Å². The van der Waals surface area contributed by atoms with Crippen LogP contribution in [0.3, 0.4) is 0 Å². The van der Waals surface area contributed by atoms with Gasteiger partial charge in [0.15, 0.2) is 5.69 Å². The smallest absolute Gasteiger partial charge is 0.273 e. The van der Waals surface area contributed by atoms with Crippen molar-refractivity contribution in [3.8, 4) is 10.6 Å². The molecule has 0 fully saturated rings. The summed E-state index contributed by atoms with van der Waals surface area (Å²) in [4.78, 5) is 12.1. The Morgan fingerprint density at radius 1 is 1.29 bits per heavy atom. The van der Waals surface area contributed by atoms with E-state index in [1.807, 2.05) is 30.3 Å². The Balaban J connectivity index is 1.61. The highest BCUT2D eigenvalue weighted by atomic mass is 32.1. The zero-order chi connectivity index (χ0) is 16.9. The van der Waals surface area contributed by atoms with Crippen LogP contribution < -0.4 is 5.32 Å². The molecule has 0 unspecified atom stereocenters. The van der Waals surface area contributed by atoms with Crippen LogP contribution in [0.2, 0.25) is 0 Å². The van der Waals surface area contributed by atoms with E-state index in [2.05, 4.69) is 25.8 Å². The summed E-state index contributed by atoms with van der Waals surface area (Å²) >= 11 is 1.43. The standard InChI is InChI=1S/C15H16N6O2S/c1-10(9-22)21-8-12(17-20-21)14(23)16-7-13-18-19-15(24-13)11-5-3-2-4-6-11/h2-6,8,10,22H,7,9H2,1H3,(H,16,23)/t10-/m1/s1. The second-order valence-corrected chi connectivity index (χ2v) is 6.23. The number of aliphatic hydroxyl groups is 1. The molecule has 0 aliphatic heterocycles. The van der Waals surface area contributed by atoms with Crippen LogP contribution in [0.5, 0.6) is 0 Å². The average Bonchev–Trinajstić information content (AvgIpc) is 3.29. The molecule has 3 rings (SSSR count). The topological polar surface area (TPSA) is 106 Å². The maximum absolute atomic E-state index is 12.1. The molecule has 2 heterocycles. The molecule has 2 aromatic heterocycles. The first-order valence-electron chi connectivity index (χ1n) is 7.36. The summed E-state index contributed by atoms with van der Waals surface area (Å²) in [5, 5.41) is 29.2. The molecule has 8 nitrogen and oxygen atoms in total. The Morgan fingerprint density at radius 3 is 2.83 bits per heavy atom. The number of benzene rings is 1. The predicted octanol–water partition coefficient (Wildman–Crippen LogP) is 1.28. The summed E-state index contributed by atoms with van der Waals surface area (Å²) in [6.45, 7) is 1.98. The number of nitrogens with zero attached hydrogens (tertiary/aromatic N) is 5. The lowest BCUT2D eigenvalue weighted by Gasteiger charge is -2.05. The average molecular weight is 344 g/mol. The van der Waals surface area contributed by atoms with E-state index in [1.54, 1.807) is 6.92 Å². The highest BCUT2D eigenvalue weighted by molar-refractivity contribution is 7.14. The first kappa shape index (κ1) is 16.2. The Labute approximate surface area is 142 Å². The number of hydrogen-bond acceptors (Lipinski definition) is 7. The molecule has 0 saturated carbocycles. The third-order valence-corrected chi connectivity index (χ3v) is 4.32. The summed E-state index contributed by atoms with van der Waals surface area (Å²) in [5.74, 6) is -0.345. The van der Waals surface area contributed by atoms with Gasteiger partial charge in [0.05, 0.1) is 25.4 Å². The second-order valence-electron chi connectivity index (χ2n) is 5.17. The van der Waals surface area contributed by atoms with Crippen molar-refractivity contribution in [2.45, 2.75) is 19.5 Å². The van der Waals surface area contributed by atoms with Crippen LogP contribution >= 0.6 is 11.3 Å². The van der Waals surface area contributed by atoms with Gasteiger partial charge in [-0.2, -0.15) is 0 Å². The Bertz CT molecular complexity index is 816. The zero-order valence-electron chi connectivity index (χ0n) is 13.0. The number of carbonyl (C=O) groups is 1. The van der Waals surface area contributed by atoms with E-state index in [4.69, 9.17) is 5.11 Å². The molecular weight excluding hydrogens is 328 g/mol. The molecule has 0 bridgehead atoms. The molecule has 1 amide bonds. The van der Waals surface area contributed by atoms with Crippen molar-refractivity contribution in [3.63, 3.8) is 0 Å². The van der Waals surface area contributed by atoms with Crippen molar-refractivity contribution in [2.75, 3.05) is 6.61 Å². The minimum atomic E-state index is -0.345. The number of carbonyl (C=O) groups excluding carboxylic acids is 1. The van der Waals surface area contributed by atoms with Crippen LogP contribution in [0, 0.1) is 0 Å². The summed E-state index contributed by atoms with van der Waals surface area (Å²) in [6.07, 6.45) is 1.51. The van der Waals surface area contributed by atoms with Gasteiger partial charge in [-0.3, -0.25) is 4.79 Å². The van der Waals surface area contributed by atoms with Crippen LogP contribution in [-0.4, -0.2) is 42.8 Å². The van der Waals surface area contributed by atoms with Gasteiger partial charge in [0.25, 0.3) is 5.91 Å². The van der Waals surface area contributed by atoms with Crippen molar-refractivity contribution in [1.82, 2.24) is 30.5 Å². The fraction of sp³-hybridized carbons (Fsp3) is 0.267. The molecular formula is C15H16N6O2S. The second kappa shape index (κ2) is 7.28. The normalized spacial score (nSPS) is 12.1. The van der Waals surface area contributed by atoms with Gasteiger partial charge in [0, 0.05) is 5.56 Å². The molecule has 3 aromatic rings. The summed E-state index contributed by atoms with van der Waals surface area (Å²) in [6, 6.07) is 9.52. The fourth-order valence-electron chi connectivity index (χ4n) is 1.95. The highest BCUT2D eigenvalue weighted by Gasteiger charge is 2.14. The Morgan fingerprint density at radius 2 is 2.08 bits per heavy atom. The maximum Gasteiger partial charge on any atom is 0.273 e. The van der Waals surface area contributed by atoms with Gasteiger partial charge in [-0.15, -0.1) is 15.3 Å². The summed E-state index contributed by atoms with van der Waals surface area (Å²) in [5.41, 5.74) is 1.19. The third kappa shape index (κ3) is 3.63. The molecule has 0 spiro atoms. The number of rotatable bonds is 6. The van der Waals surface area contributed by atoms with Crippen molar-refractivity contribution in [1.29, 1.82) is 0 Å². The first-order valence-corrected chi connectivity index (χ1v) is 8.17. The zero-order valence-corrected chi connectivity index (χ0v) is 13.8. The van der Waals surface area contributed by atoms with Gasteiger partial charge in [-0.25, -0.2) is 4.68 Å². The summed E-state index contributed by atoms with van der Waals surface area (Å²) in [7, 11) is 0. The number of nitrogens with one attached hydrogen (secondary N) is 1. The van der Waals surface area contributed by atoms with Crippen LogP contribution in [0.15, 0.2) is 36.5 Å². The van der Waals surface area contributed by atoms with Crippen LogP contribution in [0.25, 0.3) is 10.6 Å². The largest absolute Gasteiger partial charge is 0.394 e. The number of aromatic nitrogens is 5. The van der Waals surface area contributed by atoms with Gasteiger partial charge < -0.3 is 10.4 Å². The molecule has 0 aliphatic carbocycles. The molecule has 1 aromatic carbocycles. The van der Waals surface area contributed by atoms with Gasteiger partial charge in [0.1, 0.15) is 10.0 Å². The first-order chi connectivity index (χ1) is 11.7. The fourth-order valence-corrected chi connectivity index (χ4v) is 2.73. The van der Waals surface area contributed by atoms with Crippen LogP contribution in [-0.2, 0) is 6.54 Å². The minimum absolute atomic E-state index is 0.0720. The van der Waals surface area contributed by atoms with Crippen molar-refractivity contribution < 1.29 is 9.90 Å². The van der Waals surface area contributed by atoms with Crippen molar-refractivity contribution >= 4 is 17.2 Å². The van der Waals surface area contributed by atoms with E-state index < -0.39 is 0 Å². The lowest BCUT2D eigenvalue weighted by molar-refractivity contribution is 0.0945. The monoisotopic (exact) mass is 344 g/mol. The molecule has 0 saturated heterocycles. The molecule has 24 heavy (non-hydrogen) atoms. The number of amides is 1. The molecule has 0 aliphatic rings. The molecule has 9 heteroatoms. The summed E-state index contributed by atoms with van der Waals surface area (Å²) < 4.78 is 1.45. The third-order valence-electron chi connectivity index (χ3n) is 3.35. The van der Waals surface area contributed by atoms with Crippen LogP contribution in [0.4, 0.5) is 0 Å². The van der Waals surface area contributed by atoms with E-state index in [1.165, 1.54) is 22.2 Å². The lowest BCUT2D eigenvalue weighted by Crippen LogP contribution is -2.23. The van der Waals surface area contributed by atoms with E-state index in [-0.39, 0.29) is 30.8 Å². The van der Waals surface area contributed by atoms with E-state index in [9.17, 15) is 4.79 Å². The highest BCUT2D eigenvalue weighted by Crippen LogP contribution is 2.22. The SMILES string of the molecule is C[C@H](CO)n1cc(C(=O)NCc2nnc(-c3ccccc3)s2)nn1. The van der Waals surface area contributed by atoms with Gasteiger partial charge >= 0.3 is 0 Å². The Hall–Kier alpha value is -2.65. The molecule has 0 radical (unpaired) electrons. The lowest BCUT2D eigenvalue weighted by atomic mass is 10.2. The minimum Gasteiger partial charge on any atom is -0.394 e. The maximum atomic E-state index is 12.1. The Kier molecular flexibility index (Phi) is 4.92. The van der Waals surface area contributed by atoms with Crippen molar-refractivity contribution in [2.24, 2.45) is 0 Å². The van der Waals surface area contributed by atoms with Gasteiger partial charge in [-0.05, 0) is 6.92 Å². The van der Waals surface area contributed by atoms with Gasteiger partial charge in [-0.1, -0.05) is 46.9 Å². The van der Waals surface area contributed by atoms with E-state index >= 15 is 0 Å². The molecule has 124 valence electrons. The molecule has 1 atom stereocenters. The van der Waals surface area contributed by atoms with E-state index in [0.29, 0.717) is 5.01 Å². The van der Waals surface area contributed by atoms with E-state index in [0.717, 1.165) is 10.6 Å². The number of aliphatic hydroxyl groups excluding tert-OH is 1. The van der Waals surface area contributed by atoms with Gasteiger partial charge in [0.2, 0.25) is 0 Å². The van der Waals surface area contributed by atoms with Crippen molar-refractivity contribution in [3.05, 3.63) is 47.2 Å². The predicted molar refractivity (Wildman–Crippen MR) is 88.3 cm³/mol.